The first-order chi connectivity index (χ1) is 8.19. The third kappa shape index (κ3) is 4.55. The molecule has 0 aliphatic heterocycles. The Balaban J connectivity index is 3.07. The first-order valence-electron chi connectivity index (χ1n) is 5.82. The molecule has 0 bridgehead atoms. The van der Waals surface area contributed by atoms with E-state index in [1.54, 1.807) is 12.1 Å². The van der Waals surface area contributed by atoms with E-state index in [0.717, 1.165) is 5.46 Å². The number of hydrogen-bond acceptors (Lipinski definition) is 3. The first-order valence-corrected chi connectivity index (χ1v) is 5.82. The fraction of sp³-hybridized carbons (Fsp3) is 0.417. The lowest BCUT2D eigenvalue weighted by molar-refractivity contribution is -0.114. The summed E-state index contributed by atoms with van der Waals surface area (Å²) < 4.78 is 0. The number of benzene rings is 1. The van der Waals surface area contributed by atoms with Crippen LogP contribution in [0, 0.1) is 0 Å². The van der Waals surface area contributed by atoms with Crippen molar-refractivity contribution >= 4 is 36.9 Å². The highest BCUT2D eigenvalue weighted by Crippen LogP contribution is 2.19. The molecule has 0 saturated heterocycles. The van der Waals surface area contributed by atoms with Crippen LogP contribution in [0.15, 0.2) is 18.2 Å². The lowest BCUT2D eigenvalue weighted by atomic mass is 9.51. The van der Waals surface area contributed by atoms with Crippen molar-refractivity contribution in [3.63, 3.8) is 0 Å². The van der Waals surface area contributed by atoms with Crippen molar-refractivity contribution in [2.45, 2.75) is 33.0 Å². The third-order valence-corrected chi connectivity index (χ3v) is 2.26. The molecule has 0 aliphatic rings. The van der Waals surface area contributed by atoms with E-state index < -0.39 is 7.12 Å². The molecule has 0 fully saturated rings. The maximum Gasteiger partial charge on any atom is 0.490 e. The molecule has 0 atom stereocenters. The zero-order valence-corrected chi connectivity index (χ0v) is 11.2. The molecule has 1 radical (unpaired) electrons. The van der Waals surface area contributed by atoms with Crippen LogP contribution in [0.25, 0.3) is 0 Å². The first kappa shape index (κ1) is 14.8. The molecule has 18 heavy (non-hydrogen) atoms. The Morgan fingerprint density at radius 2 is 1.94 bits per heavy atom. The lowest BCUT2D eigenvalue weighted by Crippen LogP contribution is -2.37. The molecule has 0 unspecified atom stereocenters. The van der Waals surface area contributed by atoms with Gasteiger partial charge in [0.15, 0.2) is 7.28 Å². The number of hydrogen-bond donors (Lipinski definition) is 3. The molecule has 0 spiro atoms. The van der Waals surface area contributed by atoms with Crippen LogP contribution in [0.2, 0.25) is 5.31 Å². The SMILES string of the molecule is CC(=O)Nc1ccc([B]C(C)(C)C)cc1B(O)O. The summed E-state index contributed by atoms with van der Waals surface area (Å²) in [6.45, 7) is 7.56. The summed E-state index contributed by atoms with van der Waals surface area (Å²) in [7, 11) is 0.413. The number of nitrogens with one attached hydrogen (secondary N) is 1. The summed E-state index contributed by atoms with van der Waals surface area (Å²) in [4.78, 5) is 11.0. The molecule has 0 heterocycles. The summed E-state index contributed by atoms with van der Waals surface area (Å²) in [6.07, 6.45) is 0. The molecule has 0 aromatic heterocycles. The van der Waals surface area contributed by atoms with Gasteiger partial charge in [0.2, 0.25) is 5.91 Å². The minimum absolute atomic E-state index is 0.00675. The zero-order chi connectivity index (χ0) is 13.9. The second-order valence-corrected chi connectivity index (χ2v) is 5.41. The van der Waals surface area contributed by atoms with E-state index in [4.69, 9.17) is 0 Å². The second-order valence-electron chi connectivity index (χ2n) is 5.41. The normalized spacial score (nSPS) is 11.0. The Hall–Kier alpha value is -1.26. The van der Waals surface area contributed by atoms with E-state index in [1.165, 1.54) is 6.92 Å². The molecule has 3 N–H and O–H groups in total. The standard InChI is InChI=1S/C12H18B2NO3/c1-8(16)15-11-6-5-9(13-12(2,3)4)7-10(11)14(17)18/h5-7,17-18H,1-4H3,(H,15,16). The van der Waals surface area contributed by atoms with E-state index in [9.17, 15) is 14.8 Å². The van der Waals surface area contributed by atoms with Crippen LogP contribution in [0.4, 0.5) is 5.69 Å². The topological polar surface area (TPSA) is 69.6 Å². The van der Waals surface area contributed by atoms with E-state index in [2.05, 4.69) is 26.1 Å². The highest BCUT2D eigenvalue weighted by Gasteiger charge is 2.20. The Morgan fingerprint density at radius 3 is 2.39 bits per heavy atom. The van der Waals surface area contributed by atoms with Gasteiger partial charge in [-0.05, 0) is 6.07 Å². The summed E-state index contributed by atoms with van der Waals surface area (Å²) in [5.41, 5.74) is 1.60. The molecule has 6 heteroatoms. The Bertz CT molecular complexity index is 441. The lowest BCUT2D eigenvalue weighted by Gasteiger charge is -2.18. The predicted molar refractivity (Wildman–Crippen MR) is 75.7 cm³/mol. The number of rotatable bonds is 3. The van der Waals surface area contributed by atoms with Crippen molar-refractivity contribution in [3.05, 3.63) is 18.2 Å². The Kier molecular flexibility index (Phi) is 4.59. The monoisotopic (exact) mass is 246 g/mol. The molecule has 95 valence electrons. The molecule has 1 rings (SSSR count). The molecule has 1 aromatic carbocycles. The van der Waals surface area contributed by atoms with Gasteiger partial charge in [-0.15, -0.1) is 0 Å². The molecular formula is C12H18B2NO3. The second kappa shape index (κ2) is 5.59. The quantitative estimate of drug-likeness (QED) is 0.650. The number of carbonyl (C=O) groups is 1. The van der Waals surface area contributed by atoms with E-state index in [-0.39, 0.29) is 11.2 Å². The highest BCUT2D eigenvalue weighted by atomic mass is 16.4. The number of anilines is 1. The summed E-state index contributed by atoms with van der Waals surface area (Å²) in [5.74, 6) is -0.246. The maximum atomic E-state index is 11.0. The molecule has 0 aliphatic carbocycles. The fourth-order valence-corrected chi connectivity index (χ4v) is 1.69. The van der Waals surface area contributed by atoms with Gasteiger partial charge in [0, 0.05) is 18.1 Å². The minimum atomic E-state index is -1.61. The average molecular weight is 246 g/mol. The van der Waals surface area contributed by atoms with Crippen LogP contribution in [-0.4, -0.2) is 30.4 Å². The summed E-state index contributed by atoms with van der Waals surface area (Å²) in [6, 6.07) is 5.18. The van der Waals surface area contributed by atoms with Crippen LogP contribution in [0.3, 0.4) is 0 Å². The molecule has 1 aromatic rings. The fourth-order valence-electron chi connectivity index (χ4n) is 1.69. The molecule has 1 amide bonds. The van der Waals surface area contributed by atoms with Crippen molar-refractivity contribution in [2.24, 2.45) is 0 Å². The van der Waals surface area contributed by atoms with Gasteiger partial charge in [0.05, 0.1) is 0 Å². The van der Waals surface area contributed by atoms with Gasteiger partial charge >= 0.3 is 7.12 Å². The van der Waals surface area contributed by atoms with Gasteiger partial charge in [0.25, 0.3) is 0 Å². The largest absolute Gasteiger partial charge is 0.490 e. The average Bonchev–Trinajstić information content (AvgIpc) is 2.17. The maximum absolute atomic E-state index is 11.0. The predicted octanol–water partition coefficient (Wildman–Crippen LogP) is -0.127. The van der Waals surface area contributed by atoms with Crippen LogP contribution in [0.1, 0.15) is 27.7 Å². The van der Waals surface area contributed by atoms with E-state index in [1.807, 2.05) is 13.3 Å². The van der Waals surface area contributed by atoms with Gasteiger partial charge in [-0.3, -0.25) is 4.79 Å². The minimum Gasteiger partial charge on any atom is -0.423 e. The van der Waals surface area contributed by atoms with Crippen molar-refractivity contribution in [2.75, 3.05) is 5.32 Å². The molecular weight excluding hydrogens is 228 g/mol. The van der Waals surface area contributed by atoms with Gasteiger partial charge in [-0.1, -0.05) is 43.7 Å². The van der Waals surface area contributed by atoms with Crippen LogP contribution in [-0.2, 0) is 4.79 Å². The van der Waals surface area contributed by atoms with Gasteiger partial charge in [-0.2, -0.15) is 0 Å². The van der Waals surface area contributed by atoms with Crippen LogP contribution >= 0.6 is 0 Å². The highest BCUT2D eigenvalue weighted by molar-refractivity contribution is 6.63. The molecule has 4 nitrogen and oxygen atoms in total. The Morgan fingerprint density at radius 1 is 1.33 bits per heavy atom. The zero-order valence-electron chi connectivity index (χ0n) is 11.2. The van der Waals surface area contributed by atoms with Crippen molar-refractivity contribution < 1.29 is 14.8 Å². The van der Waals surface area contributed by atoms with Crippen molar-refractivity contribution in [3.8, 4) is 0 Å². The van der Waals surface area contributed by atoms with Crippen LogP contribution < -0.4 is 16.2 Å². The third-order valence-electron chi connectivity index (χ3n) is 2.26. The van der Waals surface area contributed by atoms with E-state index in [0.29, 0.717) is 11.2 Å². The smallest absolute Gasteiger partial charge is 0.423 e. The number of carbonyl (C=O) groups excluding carboxylic acids is 1. The van der Waals surface area contributed by atoms with Gasteiger partial charge in [0.1, 0.15) is 0 Å². The van der Waals surface area contributed by atoms with Crippen molar-refractivity contribution in [1.29, 1.82) is 0 Å². The number of amides is 1. The van der Waals surface area contributed by atoms with Gasteiger partial charge in [-0.25, -0.2) is 0 Å². The molecule has 0 saturated carbocycles. The summed E-state index contributed by atoms with van der Waals surface area (Å²) in [5, 5.41) is 21.2. The van der Waals surface area contributed by atoms with Crippen LogP contribution in [0.5, 0.6) is 0 Å². The summed E-state index contributed by atoms with van der Waals surface area (Å²) >= 11 is 0. The Labute approximate surface area is 109 Å². The van der Waals surface area contributed by atoms with E-state index >= 15 is 0 Å². The van der Waals surface area contributed by atoms with Gasteiger partial charge < -0.3 is 15.4 Å². The van der Waals surface area contributed by atoms with Crippen molar-refractivity contribution in [1.82, 2.24) is 0 Å².